The summed E-state index contributed by atoms with van der Waals surface area (Å²) >= 11 is 0. The Kier molecular flexibility index (Phi) is 8.72. The van der Waals surface area contributed by atoms with Gasteiger partial charge >= 0.3 is 6.18 Å². The standard InChI is InChI=1S/C29H37F3N4O3S/c30-29(31,32)26(35-40(38,39)25-11-5-7-21-9-6-14-33-28(21)25)18-27(37)34-24-10-4-8-22-17-20(12-13-23(22)24)19-36-15-2-1-3-16-36/h5,7,11-13,17,24,26,33,35H,1-4,6,8-10,14-16,18-19H2,(H,34,37)/t24-,26-/m1/s1. The SMILES string of the molecule is O=C(C[C@@H](NS(=O)(=O)c1cccc2c1NCCC2)C(F)(F)F)N[C@@H]1CCCc2cc(CN3CCCCC3)ccc21. The average molecular weight is 579 g/mol. The lowest BCUT2D eigenvalue weighted by Crippen LogP contribution is -2.48. The normalized spacial score (nSPS) is 20.6. The first-order valence-corrected chi connectivity index (χ1v) is 15.7. The number of hydrogen-bond acceptors (Lipinski definition) is 5. The first-order valence-electron chi connectivity index (χ1n) is 14.2. The number of para-hydroxylation sites is 1. The molecule has 0 spiro atoms. The second-order valence-electron chi connectivity index (χ2n) is 11.1. The number of aryl methyl sites for hydroxylation is 2. The molecule has 0 bridgehead atoms. The quantitative estimate of drug-likeness (QED) is 0.418. The van der Waals surface area contributed by atoms with Crippen LogP contribution in [0.2, 0.25) is 0 Å². The van der Waals surface area contributed by atoms with Crippen LogP contribution in [0, 0.1) is 0 Å². The molecule has 2 atom stereocenters. The Labute approximate surface area is 234 Å². The van der Waals surface area contributed by atoms with Gasteiger partial charge in [0.25, 0.3) is 0 Å². The molecule has 40 heavy (non-hydrogen) atoms. The minimum absolute atomic E-state index is 0.235. The fourth-order valence-corrected chi connectivity index (χ4v) is 7.56. The van der Waals surface area contributed by atoms with Crippen molar-refractivity contribution < 1.29 is 26.4 Å². The Balaban J connectivity index is 1.27. The van der Waals surface area contributed by atoms with Gasteiger partial charge in [0.05, 0.1) is 18.2 Å². The molecular formula is C29H37F3N4O3S. The second kappa shape index (κ2) is 12.1. The lowest BCUT2D eigenvalue weighted by Gasteiger charge is -2.30. The summed E-state index contributed by atoms with van der Waals surface area (Å²) < 4.78 is 69.9. The van der Waals surface area contributed by atoms with E-state index < -0.39 is 40.6 Å². The summed E-state index contributed by atoms with van der Waals surface area (Å²) in [6.07, 6.45) is 1.43. The van der Waals surface area contributed by atoms with E-state index in [2.05, 4.69) is 21.6 Å². The van der Waals surface area contributed by atoms with E-state index in [4.69, 9.17) is 0 Å². The summed E-state index contributed by atoms with van der Waals surface area (Å²) in [5, 5.41) is 5.76. The monoisotopic (exact) mass is 578 g/mol. The van der Waals surface area contributed by atoms with Crippen LogP contribution in [0.25, 0.3) is 0 Å². The molecule has 11 heteroatoms. The van der Waals surface area contributed by atoms with Crippen molar-refractivity contribution in [1.82, 2.24) is 14.9 Å². The molecule has 3 N–H and O–H groups in total. The summed E-state index contributed by atoms with van der Waals surface area (Å²) in [4.78, 5) is 15.1. The third-order valence-corrected chi connectivity index (χ3v) is 9.63. The average Bonchev–Trinajstić information content (AvgIpc) is 2.92. The highest BCUT2D eigenvalue weighted by atomic mass is 32.2. The number of fused-ring (bicyclic) bond motifs is 2. The van der Waals surface area contributed by atoms with Gasteiger partial charge in [-0.3, -0.25) is 9.69 Å². The van der Waals surface area contributed by atoms with Crippen molar-refractivity contribution in [3.05, 3.63) is 58.7 Å². The van der Waals surface area contributed by atoms with Crippen LogP contribution in [0.5, 0.6) is 0 Å². The number of anilines is 1. The van der Waals surface area contributed by atoms with Gasteiger partial charge in [0.2, 0.25) is 15.9 Å². The molecule has 1 aliphatic carbocycles. The Bertz CT molecular complexity index is 1330. The van der Waals surface area contributed by atoms with E-state index in [1.165, 1.54) is 37.0 Å². The van der Waals surface area contributed by atoms with Crippen LogP contribution in [0.15, 0.2) is 41.3 Å². The van der Waals surface area contributed by atoms with Gasteiger partial charge in [0.15, 0.2) is 0 Å². The predicted octanol–water partition coefficient (Wildman–Crippen LogP) is 4.82. The molecule has 0 unspecified atom stereocenters. The molecule has 2 aliphatic heterocycles. The lowest BCUT2D eigenvalue weighted by atomic mass is 9.86. The van der Waals surface area contributed by atoms with Crippen LogP contribution in [-0.4, -0.2) is 51.1 Å². The van der Waals surface area contributed by atoms with Crippen LogP contribution in [0.1, 0.15) is 73.2 Å². The summed E-state index contributed by atoms with van der Waals surface area (Å²) in [5.41, 5.74) is 4.31. The van der Waals surface area contributed by atoms with E-state index in [-0.39, 0.29) is 4.90 Å². The number of carbonyl (C=O) groups excluding carboxylic acids is 1. The fraction of sp³-hybridized carbons (Fsp3) is 0.552. The van der Waals surface area contributed by atoms with Crippen LogP contribution in [0.3, 0.4) is 0 Å². The fourth-order valence-electron chi connectivity index (χ4n) is 6.11. The van der Waals surface area contributed by atoms with Gasteiger partial charge in [-0.05, 0) is 86.4 Å². The van der Waals surface area contributed by atoms with Crippen LogP contribution < -0.4 is 15.4 Å². The van der Waals surface area contributed by atoms with E-state index in [1.807, 2.05) is 12.1 Å². The molecule has 2 aromatic carbocycles. The Morgan fingerprint density at radius 1 is 1.02 bits per heavy atom. The van der Waals surface area contributed by atoms with Crippen LogP contribution >= 0.6 is 0 Å². The molecule has 0 saturated carbocycles. The highest BCUT2D eigenvalue weighted by Gasteiger charge is 2.44. The summed E-state index contributed by atoms with van der Waals surface area (Å²) in [6.45, 7) is 3.58. The molecule has 3 aliphatic rings. The Hall–Kier alpha value is -2.63. The van der Waals surface area contributed by atoms with Gasteiger partial charge in [-0.25, -0.2) is 8.42 Å². The molecule has 5 rings (SSSR count). The van der Waals surface area contributed by atoms with Gasteiger partial charge in [-0.15, -0.1) is 0 Å². The Morgan fingerprint density at radius 3 is 2.58 bits per heavy atom. The van der Waals surface area contributed by atoms with Crippen molar-refractivity contribution in [2.45, 2.75) is 87.5 Å². The van der Waals surface area contributed by atoms with Crippen molar-refractivity contribution >= 4 is 21.6 Å². The first kappa shape index (κ1) is 28.9. The van der Waals surface area contributed by atoms with E-state index in [9.17, 15) is 26.4 Å². The third kappa shape index (κ3) is 6.80. The lowest BCUT2D eigenvalue weighted by molar-refractivity contribution is -0.158. The number of nitrogens with zero attached hydrogens (tertiary/aromatic N) is 1. The number of halogens is 3. The van der Waals surface area contributed by atoms with Crippen LogP contribution in [-0.2, 0) is 34.2 Å². The molecule has 0 radical (unpaired) electrons. The zero-order valence-electron chi connectivity index (χ0n) is 22.5. The number of amides is 1. The number of rotatable bonds is 8. The summed E-state index contributed by atoms with van der Waals surface area (Å²) in [7, 11) is -4.55. The maximum absolute atomic E-state index is 14.0. The number of sulfonamides is 1. The van der Waals surface area contributed by atoms with E-state index in [0.717, 1.165) is 55.6 Å². The van der Waals surface area contributed by atoms with Crippen molar-refractivity contribution in [3.63, 3.8) is 0 Å². The number of alkyl halides is 3. The molecule has 1 saturated heterocycles. The highest BCUT2D eigenvalue weighted by Crippen LogP contribution is 2.33. The van der Waals surface area contributed by atoms with Gasteiger partial charge in [-0.1, -0.05) is 36.8 Å². The van der Waals surface area contributed by atoms with Crippen molar-refractivity contribution in [2.75, 3.05) is 25.0 Å². The maximum atomic E-state index is 14.0. The first-order chi connectivity index (χ1) is 19.1. The predicted molar refractivity (Wildman–Crippen MR) is 147 cm³/mol. The third-order valence-electron chi connectivity index (χ3n) is 8.12. The van der Waals surface area contributed by atoms with E-state index in [0.29, 0.717) is 25.1 Å². The minimum Gasteiger partial charge on any atom is -0.384 e. The number of nitrogens with one attached hydrogen (secondary N) is 3. The number of piperidine rings is 1. The van der Waals surface area contributed by atoms with Crippen molar-refractivity contribution in [3.8, 4) is 0 Å². The largest absolute Gasteiger partial charge is 0.405 e. The molecule has 218 valence electrons. The van der Waals surface area contributed by atoms with Gasteiger partial charge < -0.3 is 10.6 Å². The van der Waals surface area contributed by atoms with Gasteiger partial charge in [0.1, 0.15) is 10.9 Å². The maximum Gasteiger partial charge on any atom is 0.405 e. The van der Waals surface area contributed by atoms with Crippen molar-refractivity contribution in [2.24, 2.45) is 0 Å². The number of benzene rings is 2. The smallest absolute Gasteiger partial charge is 0.384 e. The molecule has 0 aromatic heterocycles. The Morgan fingerprint density at radius 2 is 1.80 bits per heavy atom. The molecule has 7 nitrogen and oxygen atoms in total. The highest BCUT2D eigenvalue weighted by molar-refractivity contribution is 7.89. The number of carbonyl (C=O) groups is 1. The molecule has 1 amide bonds. The van der Waals surface area contributed by atoms with Crippen LogP contribution in [0.4, 0.5) is 18.9 Å². The van der Waals surface area contributed by atoms with E-state index >= 15 is 0 Å². The number of likely N-dealkylation sites (tertiary alicyclic amines) is 1. The topological polar surface area (TPSA) is 90.5 Å². The molecule has 2 heterocycles. The van der Waals surface area contributed by atoms with Gasteiger partial charge in [0, 0.05) is 13.1 Å². The van der Waals surface area contributed by atoms with E-state index in [1.54, 1.807) is 10.8 Å². The molecular weight excluding hydrogens is 541 g/mol. The zero-order valence-corrected chi connectivity index (χ0v) is 23.3. The summed E-state index contributed by atoms with van der Waals surface area (Å²) in [5.74, 6) is -0.839. The van der Waals surface area contributed by atoms with Gasteiger partial charge in [-0.2, -0.15) is 17.9 Å². The zero-order chi connectivity index (χ0) is 28.3. The molecule has 2 aromatic rings. The summed E-state index contributed by atoms with van der Waals surface area (Å²) in [6, 6.07) is 7.78. The molecule has 1 fully saturated rings. The van der Waals surface area contributed by atoms with Crippen molar-refractivity contribution in [1.29, 1.82) is 0 Å². The minimum atomic E-state index is -4.94. The second-order valence-corrected chi connectivity index (χ2v) is 12.8. The number of hydrogen-bond donors (Lipinski definition) is 3.